The van der Waals surface area contributed by atoms with Crippen LogP contribution in [0.5, 0.6) is 0 Å². The molecule has 0 bridgehead atoms. The van der Waals surface area contributed by atoms with Crippen LogP contribution in [0.1, 0.15) is 41.3 Å². The topological polar surface area (TPSA) is 49.4 Å². The summed E-state index contributed by atoms with van der Waals surface area (Å²) in [5.41, 5.74) is 2.97. The number of hydrogen-bond donors (Lipinski definition) is 1. The minimum atomic E-state index is -0.0765. The largest absolute Gasteiger partial charge is 0.350 e. The predicted molar refractivity (Wildman–Crippen MR) is 78.7 cm³/mol. The molecule has 2 amide bonds. The zero-order chi connectivity index (χ0) is 14.7. The molecule has 2 rings (SSSR count). The van der Waals surface area contributed by atoms with Gasteiger partial charge in [-0.2, -0.15) is 0 Å². The molecule has 0 aliphatic heterocycles. The van der Waals surface area contributed by atoms with Gasteiger partial charge < -0.3 is 10.2 Å². The maximum atomic E-state index is 12.0. The van der Waals surface area contributed by atoms with E-state index in [1.165, 1.54) is 5.56 Å². The lowest BCUT2D eigenvalue weighted by Gasteiger charge is -2.20. The highest BCUT2D eigenvalue weighted by Crippen LogP contribution is 2.26. The molecule has 0 atom stereocenters. The van der Waals surface area contributed by atoms with Gasteiger partial charge in [0, 0.05) is 31.6 Å². The van der Waals surface area contributed by atoms with E-state index in [1.54, 1.807) is 6.92 Å². The van der Waals surface area contributed by atoms with Crippen LogP contribution >= 0.6 is 0 Å². The van der Waals surface area contributed by atoms with Gasteiger partial charge in [0.2, 0.25) is 5.91 Å². The van der Waals surface area contributed by atoms with Crippen molar-refractivity contribution in [2.45, 2.75) is 39.7 Å². The van der Waals surface area contributed by atoms with Crippen LogP contribution in [0.25, 0.3) is 0 Å². The number of amides is 2. The first kappa shape index (κ1) is 14.6. The average molecular weight is 274 g/mol. The summed E-state index contributed by atoms with van der Waals surface area (Å²) in [7, 11) is 0. The number of rotatable bonds is 5. The molecule has 1 fully saturated rings. The number of hydrogen-bond acceptors (Lipinski definition) is 2. The summed E-state index contributed by atoms with van der Waals surface area (Å²) in [6.07, 6.45) is 2.18. The Morgan fingerprint density at radius 1 is 1.25 bits per heavy atom. The van der Waals surface area contributed by atoms with Crippen LogP contribution < -0.4 is 5.32 Å². The van der Waals surface area contributed by atoms with E-state index in [1.807, 2.05) is 36.9 Å². The molecule has 0 radical (unpaired) electrons. The van der Waals surface area contributed by atoms with Gasteiger partial charge in [0.05, 0.1) is 0 Å². The van der Waals surface area contributed by atoms with Crippen molar-refractivity contribution in [2.75, 3.05) is 13.1 Å². The molecule has 0 aromatic heterocycles. The Morgan fingerprint density at radius 3 is 2.50 bits per heavy atom. The van der Waals surface area contributed by atoms with Crippen molar-refractivity contribution in [1.82, 2.24) is 10.2 Å². The second kappa shape index (κ2) is 6.07. The molecule has 108 valence electrons. The number of nitrogens with zero attached hydrogens (tertiary/aromatic N) is 1. The van der Waals surface area contributed by atoms with Gasteiger partial charge >= 0.3 is 0 Å². The van der Waals surface area contributed by atoms with E-state index in [-0.39, 0.29) is 11.8 Å². The molecule has 1 aromatic rings. The predicted octanol–water partition coefficient (Wildman–Crippen LogP) is 2.04. The first-order valence-corrected chi connectivity index (χ1v) is 7.11. The Morgan fingerprint density at radius 2 is 1.95 bits per heavy atom. The maximum Gasteiger partial charge on any atom is 0.251 e. The van der Waals surface area contributed by atoms with Crippen molar-refractivity contribution < 1.29 is 9.59 Å². The Hall–Kier alpha value is -1.84. The van der Waals surface area contributed by atoms with Crippen molar-refractivity contribution >= 4 is 11.8 Å². The molecule has 4 heteroatoms. The number of nitrogens with one attached hydrogen (secondary N) is 1. The average Bonchev–Trinajstić information content (AvgIpc) is 3.21. The van der Waals surface area contributed by atoms with Gasteiger partial charge in [0.25, 0.3) is 5.91 Å². The van der Waals surface area contributed by atoms with Crippen LogP contribution in [0, 0.1) is 13.8 Å². The second-order valence-electron chi connectivity index (χ2n) is 5.50. The smallest absolute Gasteiger partial charge is 0.251 e. The van der Waals surface area contributed by atoms with Gasteiger partial charge in [-0.05, 0) is 49.9 Å². The Bertz CT molecular complexity index is 521. The fourth-order valence-corrected chi connectivity index (χ4v) is 2.26. The van der Waals surface area contributed by atoms with Gasteiger partial charge in [-0.3, -0.25) is 9.59 Å². The fourth-order valence-electron chi connectivity index (χ4n) is 2.26. The number of benzene rings is 1. The third-order valence-electron chi connectivity index (χ3n) is 3.80. The SMILES string of the molecule is CC(=O)N(CCNC(=O)c1ccc(C)c(C)c1)C1CC1. The minimum Gasteiger partial charge on any atom is -0.350 e. The maximum absolute atomic E-state index is 12.0. The van der Waals surface area contributed by atoms with Crippen LogP contribution in [-0.2, 0) is 4.79 Å². The van der Waals surface area contributed by atoms with E-state index in [2.05, 4.69) is 5.32 Å². The van der Waals surface area contributed by atoms with E-state index in [0.29, 0.717) is 24.7 Å². The first-order chi connectivity index (χ1) is 9.49. The quantitative estimate of drug-likeness (QED) is 0.893. The van der Waals surface area contributed by atoms with E-state index in [4.69, 9.17) is 0 Å². The second-order valence-corrected chi connectivity index (χ2v) is 5.50. The van der Waals surface area contributed by atoms with E-state index in [0.717, 1.165) is 18.4 Å². The molecule has 1 aromatic carbocycles. The summed E-state index contributed by atoms with van der Waals surface area (Å²) in [6.45, 7) is 6.70. The van der Waals surface area contributed by atoms with Crippen molar-refractivity contribution in [2.24, 2.45) is 0 Å². The zero-order valence-electron chi connectivity index (χ0n) is 12.4. The normalized spacial score (nSPS) is 13.9. The first-order valence-electron chi connectivity index (χ1n) is 7.11. The molecule has 1 aliphatic carbocycles. The van der Waals surface area contributed by atoms with Gasteiger partial charge in [0.15, 0.2) is 0 Å². The Labute approximate surface area is 120 Å². The molecule has 4 nitrogen and oxygen atoms in total. The highest BCUT2D eigenvalue weighted by molar-refractivity contribution is 5.94. The molecular weight excluding hydrogens is 252 g/mol. The van der Waals surface area contributed by atoms with Crippen molar-refractivity contribution in [3.05, 3.63) is 34.9 Å². The van der Waals surface area contributed by atoms with Crippen LogP contribution in [0.4, 0.5) is 0 Å². The lowest BCUT2D eigenvalue weighted by Crippen LogP contribution is -2.38. The lowest BCUT2D eigenvalue weighted by molar-refractivity contribution is -0.129. The van der Waals surface area contributed by atoms with Gasteiger partial charge in [-0.15, -0.1) is 0 Å². The number of carbonyl (C=O) groups excluding carboxylic acids is 2. The lowest BCUT2D eigenvalue weighted by atomic mass is 10.1. The van der Waals surface area contributed by atoms with Crippen LogP contribution in [0.15, 0.2) is 18.2 Å². The summed E-state index contributed by atoms with van der Waals surface area (Å²) in [6, 6.07) is 6.08. The third-order valence-corrected chi connectivity index (χ3v) is 3.80. The van der Waals surface area contributed by atoms with Crippen LogP contribution in [0.3, 0.4) is 0 Å². The summed E-state index contributed by atoms with van der Waals surface area (Å²) < 4.78 is 0. The van der Waals surface area contributed by atoms with Crippen LogP contribution in [-0.4, -0.2) is 35.8 Å². The summed E-state index contributed by atoms with van der Waals surface area (Å²) >= 11 is 0. The van der Waals surface area contributed by atoms with Crippen LogP contribution in [0.2, 0.25) is 0 Å². The van der Waals surface area contributed by atoms with Crippen molar-refractivity contribution in [3.63, 3.8) is 0 Å². The molecule has 0 unspecified atom stereocenters. The number of aryl methyl sites for hydroxylation is 2. The molecule has 0 saturated heterocycles. The van der Waals surface area contributed by atoms with Crippen molar-refractivity contribution in [1.29, 1.82) is 0 Å². The van der Waals surface area contributed by atoms with E-state index in [9.17, 15) is 9.59 Å². The molecule has 1 saturated carbocycles. The Balaban J connectivity index is 1.85. The fraction of sp³-hybridized carbons (Fsp3) is 0.500. The molecule has 0 spiro atoms. The number of carbonyl (C=O) groups is 2. The van der Waals surface area contributed by atoms with Gasteiger partial charge in [-0.1, -0.05) is 6.07 Å². The standard InChI is InChI=1S/C16H22N2O2/c1-11-4-5-14(10-12(11)2)16(20)17-8-9-18(13(3)19)15-6-7-15/h4-5,10,15H,6-9H2,1-3H3,(H,17,20). The van der Waals surface area contributed by atoms with Crippen molar-refractivity contribution in [3.8, 4) is 0 Å². The summed E-state index contributed by atoms with van der Waals surface area (Å²) in [5, 5.41) is 2.88. The monoisotopic (exact) mass is 274 g/mol. The molecule has 20 heavy (non-hydrogen) atoms. The molecular formula is C16H22N2O2. The summed E-state index contributed by atoms with van der Waals surface area (Å²) in [5.74, 6) is 0.0142. The highest BCUT2D eigenvalue weighted by Gasteiger charge is 2.30. The van der Waals surface area contributed by atoms with E-state index < -0.39 is 0 Å². The zero-order valence-corrected chi connectivity index (χ0v) is 12.4. The third kappa shape index (κ3) is 3.59. The highest BCUT2D eigenvalue weighted by atomic mass is 16.2. The van der Waals surface area contributed by atoms with Gasteiger partial charge in [-0.25, -0.2) is 0 Å². The molecule has 1 aliphatic rings. The molecule has 0 heterocycles. The summed E-state index contributed by atoms with van der Waals surface area (Å²) in [4.78, 5) is 25.3. The minimum absolute atomic E-state index is 0.0765. The van der Waals surface area contributed by atoms with E-state index >= 15 is 0 Å². The molecule has 1 N–H and O–H groups in total. The Kier molecular flexibility index (Phi) is 4.42. The van der Waals surface area contributed by atoms with Gasteiger partial charge in [0.1, 0.15) is 0 Å².